The fourth-order valence-electron chi connectivity index (χ4n) is 6.57. The van der Waals surface area contributed by atoms with Crippen molar-refractivity contribution in [2.75, 3.05) is 0 Å². The lowest BCUT2D eigenvalue weighted by Gasteiger charge is -2.25. The SMILES string of the molecule is c1ccc2cc3c(ccc4c(-c5ccc6cccc7c6c5Oc5c-7ccc6ccccc56)cccc43)cc2c1. The van der Waals surface area contributed by atoms with Crippen LogP contribution in [-0.4, -0.2) is 0 Å². The van der Waals surface area contributed by atoms with E-state index in [1.807, 2.05) is 0 Å². The molecule has 0 bridgehead atoms. The van der Waals surface area contributed by atoms with Gasteiger partial charge in [-0.25, -0.2) is 0 Å². The van der Waals surface area contributed by atoms with Gasteiger partial charge < -0.3 is 4.74 Å². The van der Waals surface area contributed by atoms with Crippen molar-refractivity contribution in [1.82, 2.24) is 0 Å². The number of hydrogen-bond donors (Lipinski definition) is 0. The van der Waals surface area contributed by atoms with Crippen LogP contribution in [-0.2, 0) is 0 Å². The van der Waals surface area contributed by atoms with Gasteiger partial charge in [0.25, 0.3) is 0 Å². The minimum atomic E-state index is 0.942. The zero-order valence-corrected chi connectivity index (χ0v) is 21.1. The van der Waals surface area contributed by atoms with E-state index < -0.39 is 0 Å². The van der Waals surface area contributed by atoms with E-state index in [0.29, 0.717) is 0 Å². The van der Waals surface area contributed by atoms with Gasteiger partial charge in [-0.3, -0.25) is 0 Å². The second kappa shape index (κ2) is 7.69. The average molecular weight is 495 g/mol. The molecule has 0 amide bonds. The second-order valence-corrected chi connectivity index (χ2v) is 10.5. The Balaban J connectivity index is 1.36. The molecule has 8 aromatic rings. The molecule has 0 saturated heterocycles. The highest BCUT2D eigenvalue weighted by Gasteiger charge is 2.25. The Morgan fingerprint density at radius 1 is 0.308 bits per heavy atom. The molecule has 0 atom stereocenters. The summed E-state index contributed by atoms with van der Waals surface area (Å²) in [5, 5.41) is 12.3. The topological polar surface area (TPSA) is 9.23 Å². The maximum atomic E-state index is 6.94. The first kappa shape index (κ1) is 20.9. The monoisotopic (exact) mass is 494 g/mol. The van der Waals surface area contributed by atoms with Crippen LogP contribution < -0.4 is 4.74 Å². The summed E-state index contributed by atoms with van der Waals surface area (Å²) in [6.07, 6.45) is 0. The van der Waals surface area contributed by atoms with Crippen LogP contribution in [0, 0.1) is 0 Å². The van der Waals surface area contributed by atoms with Crippen LogP contribution in [0.3, 0.4) is 0 Å². The molecule has 0 N–H and O–H groups in total. The molecule has 0 aliphatic carbocycles. The van der Waals surface area contributed by atoms with Crippen LogP contribution >= 0.6 is 0 Å². The van der Waals surface area contributed by atoms with Crippen molar-refractivity contribution in [2.24, 2.45) is 0 Å². The lowest BCUT2D eigenvalue weighted by Crippen LogP contribution is -2.00. The maximum Gasteiger partial charge on any atom is 0.143 e. The molecule has 1 aliphatic rings. The number of benzene rings is 8. The van der Waals surface area contributed by atoms with E-state index in [9.17, 15) is 0 Å². The fourth-order valence-corrected chi connectivity index (χ4v) is 6.57. The highest BCUT2D eigenvalue weighted by Crippen LogP contribution is 2.53. The van der Waals surface area contributed by atoms with Crippen LogP contribution in [0.4, 0.5) is 0 Å². The third kappa shape index (κ3) is 2.90. The summed E-state index contributed by atoms with van der Waals surface area (Å²) in [4.78, 5) is 0. The summed E-state index contributed by atoms with van der Waals surface area (Å²) in [6, 6.07) is 48.4. The number of rotatable bonds is 1. The Bertz CT molecular complexity index is 2310. The van der Waals surface area contributed by atoms with Crippen molar-refractivity contribution < 1.29 is 4.74 Å². The molecular formula is C38H22O. The molecule has 1 heterocycles. The first-order valence-electron chi connectivity index (χ1n) is 13.4. The smallest absolute Gasteiger partial charge is 0.143 e. The van der Waals surface area contributed by atoms with Gasteiger partial charge in [0.1, 0.15) is 11.5 Å². The van der Waals surface area contributed by atoms with Crippen molar-refractivity contribution in [3.63, 3.8) is 0 Å². The van der Waals surface area contributed by atoms with Gasteiger partial charge in [-0.2, -0.15) is 0 Å². The molecular weight excluding hydrogens is 472 g/mol. The largest absolute Gasteiger partial charge is 0.455 e. The molecule has 180 valence electrons. The van der Waals surface area contributed by atoms with E-state index in [0.717, 1.165) is 28.0 Å². The summed E-state index contributed by atoms with van der Waals surface area (Å²) in [6.45, 7) is 0. The quantitative estimate of drug-likeness (QED) is 0.163. The molecule has 0 unspecified atom stereocenters. The summed E-state index contributed by atoms with van der Waals surface area (Å²) >= 11 is 0. The Hall–Kier alpha value is -5.14. The van der Waals surface area contributed by atoms with E-state index in [1.54, 1.807) is 0 Å². The Kier molecular flexibility index (Phi) is 4.11. The number of ether oxygens (including phenoxy) is 1. The van der Waals surface area contributed by atoms with Gasteiger partial charge in [-0.1, -0.05) is 109 Å². The van der Waals surface area contributed by atoms with Crippen LogP contribution in [0.5, 0.6) is 11.5 Å². The average Bonchev–Trinajstić information content (AvgIpc) is 3.00. The maximum absolute atomic E-state index is 6.94. The summed E-state index contributed by atoms with van der Waals surface area (Å²) in [7, 11) is 0. The molecule has 1 heteroatoms. The minimum absolute atomic E-state index is 0.942. The first-order valence-corrected chi connectivity index (χ1v) is 13.4. The molecule has 1 aliphatic heterocycles. The van der Waals surface area contributed by atoms with E-state index in [2.05, 4.69) is 133 Å². The van der Waals surface area contributed by atoms with Crippen molar-refractivity contribution >= 4 is 53.9 Å². The van der Waals surface area contributed by atoms with E-state index in [-0.39, 0.29) is 0 Å². The Morgan fingerprint density at radius 3 is 1.85 bits per heavy atom. The number of fused-ring (bicyclic) bond motifs is 8. The zero-order valence-electron chi connectivity index (χ0n) is 21.1. The van der Waals surface area contributed by atoms with Gasteiger partial charge >= 0.3 is 0 Å². The van der Waals surface area contributed by atoms with Crippen molar-refractivity contribution in [2.45, 2.75) is 0 Å². The van der Waals surface area contributed by atoms with Crippen LogP contribution in [0.15, 0.2) is 133 Å². The second-order valence-electron chi connectivity index (χ2n) is 10.5. The molecule has 0 spiro atoms. The lowest BCUT2D eigenvalue weighted by molar-refractivity contribution is 0.494. The number of hydrogen-bond acceptors (Lipinski definition) is 1. The van der Waals surface area contributed by atoms with E-state index >= 15 is 0 Å². The van der Waals surface area contributed by atoms with Gasteiger partial charge in [0, 0.05) is 21.9 Å². The zero-order chi connectivity index (χ0) is 25.5. The standard InChI is InChI=1S/C38H22O/c1-2-9-26-22-35-27(21-25(26)8-1)17-18-31-29(12-6-13-30(31)35)33-20-16-24-10-5-14-32-34-19-15-23-7-3-4-11-28(23)37(34)39-38(33)36(24)32/h1-22H. The predicted octanol–water partition coefficient (Wildman–Crippen LogP) is 10.9. The van der Waals surface area contributed by atoms with Gasteiger partial charge in [0.2, 0.25) is 0 Å². The lowest BCUT2D eigenvalue weighted by atomic mass is 9.88. The molecule has 8 aromatic carbocycles. The van der Waals surface area contributed by atoms with E-state index in [4.69, 9.17) is 4.74 Å². The van der Waals surface area contributed by atoms with Crippen LogP contribution in [0.1, 0.15) is 0 Å². The molecule has 0 radical (unpaired) electrons. The fraction of sp³-hybridized carbons (Fsp3) is 0. The highest BCUT2D eigenvalue weighted by atomic mass is 16.5. The Labute approximate surface area is 225 Å². The van der Waals surface area contributed by atoms with Gasteiger partial charge in [0.15, 0.2) is 0 Å². The third-order valence-electron chi connectivity index (χ3n) is 8.41. The van der Waals surface area contributed by atoms with E-state index in [1.165, 1.54) is 59.6 Å². The minimum Gasteiger partial charge on any atom is -0.455 e. The van der Waals surface area contributed by atoms with Crippen LogP contribution in [0.2, 0.25) is 0 Å². The first-order chi connectivity index (χ1) is 19.3. The van der Waals surface area contributed by atoms with Crippen molar-refractivity contribution in [3.05, 3.63) is 133 Å². The van der Waals surface area contributed by atoms with Crippen LogP contribution in [0.25, 0.3) is 76.1 Å². The summed E-state index contributed by atoms with van der Waals surface area (Å²) in [5.74, 6) is 1.88. The molecule has 9 rings (SSSR count). The molecule has 0 fully saturated rings. The van der Waals surface area contributed by atoms with Gasteiger partial charge in [-0.15, -0.1) is 0 Å². The predicted molar refractivity (Wildman–Crippen MR) is 165 cm³/mol. The van der Waals surface area contributed by atoms with Gasteiger partial charge in [0.05, 0.1) is 0 Å². The van der Waals surface area contributed by atoms with Gasteiger partial charge in [-0.05, 0) is 78.5 Å². The summed E-state index contributed by atoms with van der Waals surface area (Å²) in [5.41, 5.74) is 4.70. The molecule has 39 heavy (non-hydrogen) atoms. The normalized spacial score (nSPS) is 12.3. The van der Waals surface area contributed by atoms with Crippen molar-refractivity contribution in [3.8, 4) is 33.8 Å². The molecule has 0 saturated carbocycles. The summed E-state index contributed by atoms with van der Waals surface area (Å²) < 4.78 is 6.94. The third-order valence-corrected chi connectivity index (χ3v) is 8.41. The Morgan fingerprint density at radius 2 is 0.949 bits per heavy atom. The molecule has 1 nitrogen and oxygen atoms in total. The molecule has 0 aromatic heterocycles. The van der Waals surface area contributed by atoms with Crippen molar-refractivity contribution in [1.29, 1.82) is 0 Å². The highest BCUT2D eigenvalue weighted by molar-refractivity contribution is 6.17.